The van der Waals surface area contributed by atoms with Crippen molar-refractivity contribution in [3.63, 3.8) is 0 Å². The minimum Gasteiger partial charge on any atom is -0.465 e. The first-order chi connectivity index (χ1) is 18.1. The van der Waals surface area contributed by atoms with Crippen molar-refractivity contribution < 1.29 is 14.6 Å². The summed E-state index contributed by atoms with van der Waals surface area (Å²) >= 11 is 7.39. The van der Waals surface area contributed by atoms with Crippen LogP contribution in [0.3, 0.4) is 0 Å². The van der Waals surface area contributed by atoms with Crippen molar-refractivity contribution in [2.75, 3.05) is 24.8 Å². The molecule has 5 rings (SSSR count). The first-order valence-electron chi connectivity index (χ1n) is 11.4. The Morgan fingerprint density at radius 1 is 1.14 bits per heavy atom. The first kappa shape index (κ1) is 26.6. The van der Waals surface area contributed by atoms with Crippen molar-refractivity contribution in [1.82, 2.24) is 24.2 Å². The number of piperidine rings is 1. The molecule has 2 N–H and O–H groups in total. The van der Waals surface area contributed by atoms with Gasteiger partial charge in [-0.3, -0.25) is 0 Å². The van der Waals surface area contributed by atoms with Gasteiger partial charge in [0.05, 0.1) is 0 Å². The third-order valence-corrected chi connectivity index (χ3v) is 7.01. The van der Waals surface area contributed by atoms with Gasteiger partial charge in [0.1, 0.15) is 16.6 Å². The molecule has 0 aliphatic carbocycles. The molecule has 9 nitrogen and oxygen atoms in total. The Morgan fingerprint density at radius 2 is 1.89 bits per heavy atom. The molecule has 1 aliphatic heterocycles. The van der Waals surface area contributed by atoms with Crippen molar-refractivity contribution in [1.29, 1.82) is 0 Å². The molecule has 1 fully saturated rings. The smallest absolute Gasteiger partial charge is 0.407 e. The topological polar surface area (TPSA) is 113 Å². The summed E-state index contributed by atoms with van der Waals surface area (Å²) in [6.45, 7) is 0.988. The number of aromatic nitrogens is 4. The highest BCUT2D eigenvalue weighted by molar-refractivity contribution is 7.99. The number of anilines is 2. The van der Waals surface area contributed by atoms with Crippen LogP contribution in [0.15, 0.2) is 76.9 Å². The number of nitrogens with zero attached hydrogens (tertiary/aromatic N) is 5. The standard InChI is InChI=1S/C24H22N6O3S2.CH3Cl/c31-24(32)30-12-9-16(10-13-30)21-27-23(35-29-21)28-22-19(33-17-6-2-1-3-7-17)14-18(15-26-22)34-20-8-4-5-11-25-20;1-2/h1-8,11,14-16H,9-10,12-13H2,(H,31,32)(H,26,27,28,29);1H3. The summed E-state index contributed by atoms with van der Waals surface area (Å²) < 4.78 is 10.7. The zero-order valence-electron chi connectivity index (χ0n) is 20.0. The third-order valence-electron chi connectivity index (χ3n) is 5.46. The van der Waals surface area contributed by atoms with E-state index in [0.717, 1.165) is 15.7 Å². The fourth-order valence-electron chi connectivity index (χ4n) is 3.68. The van der Waals surface area contributed by atoms with Crippen LogP contribution in [0.1, 0.15) is 24.6 Å². The van der Waals surface area contributed by atoms with Crippen molar-refractivity contribution in [2.45, 2.75) is 28.7 Å². The number of carbonyl (C=O) groups is 1. The van der Waals surface area contributed by atoms with Gasteiger partial charge in [0, 0.05) is 60.3 Å². The summed E-state index contributed by atoms with van der Waals surface area (Å²) in [4.78, 5) is 27.1. The molecule has 4 aromatic rings. The molecule has 1 saturated heterocycles. The van der Waals surface area contributed by atoms with Crippen molar-refractivity contribution >= 4 is 51.9 Å². The van der Waals surface area contributed by atoms with Crippen LogP contribution < -0.4 is 10.1 Å². The minimum atomic E-state index is -0.876. The molecule has 12 heteroatoms. The number of benzene rings is 1. The second kappa shape index (κ2) is 13.2. The van der Waals surface area contributed by atoms with Crippen LogP contribution >= 0.6 is 34.9 Å². The molecule has 0 atom stereocenters. The fraction of sp³-hybridized carbons (Fsp3) is 0.240. The van der Waals surface area contributed by atoms with E-state index in [2.05, 4.69) is 36.2 Å². The van der Waals surface area contributed by atoms with E-state index < -0.39 is 6.09 Å². The molecular weight excluding hydrogens is 532 g/mol. The van der Waals surface area contributed by atoms with Crippen molar-refractivity contribution in [3.05, 3.63) is 72.8 Å². The number of hydrogen-bond acceptors (Lipinski definition) is 9. The summed E-state index contributed by atoms with van der Waals surface area (Å²) in [5.74, 6) is 2.66. The zero-order valence-corrected chi connectivity index (χ0v) is 22.3. The summed E-state index contributed by atoms with van der Waals surface area (Å²) in [5, 5.41) is 13.9. The molecular formula is C25H25ClN6O3S2. The quantitative estimate of drug-likeness (QED) is 0.239. The average molecular weight is 557 g/mol. The van der Waals surface area contributed by atoms with Crippen molar-refractivity contribution in [2.24, 2.45) is 0 Å². The predicted octanol–water partition coefficient (Wildman–Crippen LogP) is 6.73. The van der Waals surface area contributed by atoms with Gasteiger partial charge < -0.3 is 20.1 Å². The van der Waals surface area contributed by atoms with E-state index in [1.54, 1.807) is 12.4 Å². The number of halogens is 1. The van der Waals surface area contributed by atoms with Crippen LogP contribution in [-0.2, 0) is 0 Å². The van der Waals surface area contributed by atoms with Gasteiger partial charge in [-0.2, -0.15) is 4.37 Å². The lowest BCUT2D eigenvalue weighted by molar-refractivity contribution is 0.131. The maximum atomic E-state index is 11.2. The highest BCUT2D eigenvalue weighted by Crippen LogP contribution is 2.36. The predicted molar refractivity (Wildman–Crippen MR) is 146 cm³/mol. The summed E-state index contributed by atoms with van der Waals surface area (Å²) in [7, 11) is 0. The monoisotopic (exact) mass is 556 g/mol. The van der Waals surface area contributed by atoms with Gasteiger partial charge in [-0.25, -0.2) is 19.7 Å². The number of para-hydroxylation sites is 1. The number of pyridine rings is 2. The van der Waals surface area contributed by atoms with E-state index in [-0.39, 0.29) is 5.92 Å². The fourth-order valence-corrected chi connectivity index (χ4v) is 5.10. The molecule has 4 heterocycles. The number of nitrogens with one attached hydrogen (secondary N) is 1. The lowest BCUT2D eigenvalue weighted by Gasteiger charge is -2.28. The maximum Gasteiger partial charge on any atom is 0.407 e. The molecule has 0 radical (unpaired) electrons. The van der Waals surface area contributed by atoms with Gasteiger partial charge in [-0.1, -0.05) is 36.0 Å². The Labute approximate surface area is 228 Å². The normalized spacial score (nSPS) is 13.4. The van der Waals surface area contributed by atoms with E-state index in [1.807, 2.05) is 54.6 Å². The van der Waals surface area contributed by atoms with Crippen LogP contribution in [0, 0.1) is 0 Å². The summed E-state index contributed by atoms with van der Waals surface area (Å²) in [6.07, 6.45) is 5.54. The number of alkyl halides is 1. The Balaban J connectivity index is 0.00000156. The number of rotatable bonds is 7. The molecule has 0 saturated carbocycles. The second-order valence-corrected chi connectivity index (χ2v) is 9.68. The largest absolute Gasteiger partial charge is 0.465 e. The van der Waals surface area contributed by atoms with Crippen LogP contribution in [0.5, 0.6) is 11.5 Å². The molecule has 192 valence electrons. The summed E-state index contributed by atoms with van der Waals surface area (Å²) in [5.41, 5.74) is 0. The Morgan fingerprint density at radius 3 is 2.59 bits per heavy atom. The molecule has 1 amide bonds. The molecule has 1 aromatic carbocycles. The lowest BCUT2D eigenvalue weighted by Crippen LogP contribution is -2.37. The van der Waals surface area contributed by atoms with Gasteiger partial charge in [-0.05, 0) is 37.1 Å². The van der Waals surface area contributed by atoms with Gasteiger partial charge in [0.15, 0.2) is 11.6 Å². The first-order valence-corrected chi connectivity index (χ1v) is 13.8. The average Bonchev–Trinajstić information content (AvgIpc) is 3.41. The maximum absolute atomic E-state index is 11.2. The van der Waals surface area contributed by atoms with Gasteiger partial charge >= 0.3 is 6.09 Å². The number of carboxylic acid groups (broad SMARTS) is 1. The van der Waals surface area contributed by atoms with Gasteiger partial charge in [0.25, 0.3) is 0 Å². The number of ether oxygens (including phenoxy) is 1. The molecule has 1 aliphatic rings. The molecule has 0 bridgehead atoms. The van der Waals surface area contributed by atoms with E-state index in [4.69, 9.17) is 9.84 Å². The third kappa shape index (κ3) is 7.31. The zero-order chi connectivity index (χ0) is 26.0. The Bertz CT molecular complexity index is 1290. The van der Waals surface area contributed by atoms with E-state index in [1.165, 1.54) is 34.6 Å². The SMILES string of the molecule is CCl.O=C(O)N1CCC(c2nsc(Nc3ncc(Sc4ccccn4)cc3Oc3ccccc3)n2)CC1. The van der Waals surface area contributed by atoms with E-state index in [9.17, 15) is 4.79 Å². The summed E-state index contributed by atoms with van der Waals surface area (Å²) in [6, 6.07) is 17.2. The van der Waals surface area contributed by atoms with Crippen molar-refractivity contribution in [3.8, 4) is 11.5 Å². The lowest BCUT2D eigenvalue weighted by atomic mass is 9.96. The molecule has 37 heavy (non-hydrogen) atoms. The molecule has 0 spiro atoms. The van der Waals surface area contributed by atoms with Crippen LogP contribution in [0.25, 0.3) is 0 Å². The number of hydrogen-bond donors (Lipinski definition) is 2. The Hall–Kier alpha value is -3.41. The number of amides is 1. The van der Waals surface area contributed by atoms with Crippen LogP contribution in [0.2, 0.25) is 0 Å². The minimum absolute atomic E-state index is 0.141. The highest BCUT2D eigenvalue weighted by Gasteiger charge is 2.26. The highest BCUT2D eigenvalue weighted by atomic mass is 35.5. The van der Waals surface area contributed by atoms with Gasteiger partial charge in [0.2, 0.25) is 5.13 Å². The van der Waals surface area contributed by atoms with E-state index >= 15 is 0 Å². The van der Waals surface area contributed by atoms with Crippen LogP contribution in [-0.4, -0.2) is 54.9 Å². The molecule has 0 unspecified atom stereocenters. The second-order valence-electron chi connectivity index (χ2n) is 7.83. The van der Waals surface area contributed by atoms with E-state index in [0.29, 0.717) is 48.4 Å². The molecule has 3 aromatic heterocycles. The van der Waals surface area contributed by atoms with Gasteiger partial charge in [-0.15, -0.1) is 11.6 Å². The van der Waals surface area contributed by atoms with Crippen LogP contribution in [0.4, 0.5) is 15.7 Å². The Kier molecular flexibility index (Phi) is 9.52. The number of likely N-dealkylation sites (tertiary alicyclic amines) is 1.